The van der Waals surface area contributed by atoms with Crippen molar-refractivity contribution in [1.29, 1.82) is 0 Å². The van der Waals surface area contributed by atoms with E-state index in [-0.39, 0.29) is 0 Å². The predicted octanol–water partition coefficient (Wildman–Crippen LogP) is 4.97. The second-order valence-electron chi connectivity index (χ2n) is 6.68. The molecule has 0 aliphatic carbocycles. The van der Waals surface area contributed by atoms with E-state index in [1.807, 2.05) is 38.9 Å². The summed E-state index contributed by atoms with van der Waals surface area (Å²) in [7, 11) is 4.09. The van der Waals surface area contributed by atoms with Crippen LogP contribution in [-0.2, 0) is 25.6 Å². The molecule has 3 rings (SSSR count). The van der Waals surface area contributed by atoms with Gasteiger partial charge in [-0.05, 0) is 61.1 Å². The zero-order valence-corrected chi connectivity index (χ0v) is 18.0. The topological polar surface area (TPSA) is 35.6 Å². The van der Waals surface area contributed by atoms with E-state index in [4.69, 9.17) is 0 Å². The Morgan fingerprint density at radius 2 is 1.04 bits per heavy atom. The summed E-state index contributed by atoms with van der Waals surface area (Å²) in [6.07, 6.45) is 7.71. The maximum atomic E-state index is 4.43. The minimum atomic E-state index is 0.955. The second kappa shape index (κ2) is 7.92. The molecule has 0 N–H and O–H groups in total. The molecule has 0 atom stereocenters. The summed E-state index contributed by atoms with van der Waals surface area (Å²) in [6, 6.07) is 0. The number of aryl methyl sites for hydroxylation is 2. The lowest BCUT2D eigenvalue weighted by molar-refractivity contribution is 0.789. The fraction of sp³-hybridized carbons (Fsp3) is 0.400. The molecule has 0 radical (unpaired) electrons. The van der Waals surface area contributed by atoms with Crippen molar-refractivity contribution < 1.29 is 0 Å². The molecule has 1 aromatic carbocycles. The molecule has 2 aromatic heterocycles. The molecule has 0 saturated heterocycles. The highest BCUT2D eigenvalue weighted by atomic mass is 32.2. The molecule has 26 heavy (non-hydrogen) atoms. The number of rotatable bonds is 6. The van der Waals surface area contributed by atoms with Gasteiger partial charge in [0.25, 0.3) is 0 Å². The van der Waals surface area contributed by atoms with Crippen molar-refractivity contribution >= 4 is 23.5 Å². The number of hydrogen-bond donors (Lipinski definition) is 0. The lowest BCUT2D eigenvalue weighted by Crippen LogP contribution is -2.05. The highest BCUT2D eigenvalue weighted by Crippen LogP contribution is 2.34. The lowest BCUT2D eigenvalue weighted by Gasteiger charge is -2.20. The zero-order chi connectivity index (χ0) is 18.8. The third-order valence-electron chi connectivity index (χ3n) is 5.18. The van der Waals surface area contributed by atoms with Crippen LogP contribution in [-0.4, -0.2) is 19.1 Å². The third-order valence-corrected chi connectivity index (χ3v) is 7.35. The molecule has 2 heterocycles. The van der Waals surface area contributed by atoms with Crippen LogP contribution in [0.5, 0.6) is 0 Å². The highest BCUT2D eigenvalue weighted by Gasteiger charge is 2.16. The van der Waals surface area contributed by atoms with Crippen LogP contribution in [0.15, 0.2) is 35.1 Å². The van der Waals surface area contributed by atoms with Gasteiger partial charge in [-0.1, -0.05) is 23.5 Å². The summed E-state index contributed by atoms with van der Waals surface area (Å²) in [5.41, 5.74) is 8.52. The van der Waals surface area contributed by atoms with Crippen LogP contribution in [0.2, 0.25) is 0 Å². The summed E-state index contributed by atoms with van der Waals surface area (Å²) in [5, 5.41) is 2.13. The van der Waals surface area contributed by atoms with Crippen molar-refractivity contribution in [2.45, 2.75) is 49.5 Å². The Labute approximate surface area is 164 Å². The number of hydrogen-bond acceptors (Lipinski definition) is 4. The van der Waals surface area contributed by atoms with Crippen molar-refractivity contribution in [1.82, 2.24) is 19.1 Å². The Balaban J connectivity index is 1.84. The van der Waals surface area contributed by atoms with Gasteiger partial charge in [0.05, 0.1) is 0 Å². The van der Waals surface area contributed by atoms with E-state index in [2.05, 4.69) is 46.8 Å². The minimum absolute atomic E-state index is 0.955. The van der Waals surface area contributed by atoms with Crippen LogP contribution >= 0.6 is 23.5 Å². The van der Waals surface area contributed by atoms with E-state index in [0.29, 0.717) is 0 Å². The molecular formula is C20H26N4S2. The van der Waals surface area contributed by atoms with Gasteiger partial charge in [0, 0.05) is 50.4 Å². The van der Waals surface area contributed by atoms with Crippen LogP contribution in [0.4, 0.5) is 0 Å². The van der Waals surface area contributed by atoms with Gasteiger partial charge in [0.1, 0.15) is 0 Å². The van der Waals surface area contributed by atoms with Crippen LogP contribution in [0.1, 0.15) is 33.4 Å². The predicted molar refractivity (Wildman–Crippen MR) is 111 cm³/mol. The van der Waals surface area contributed by atoms with Crippen molar-refractivity contribution in [2.24, 2.45) is 14.1 Å². The molecule has 0 saturated carbocycles. The van der Waals surface area contributed by atoms with E-state index in [1.54, 1.807) is 23.5 Å². The summed E-state index contributed by atoms with van der Waals surface area (Å²) in [6.45, 7) is 9.02. The van der Waals surface area contributed by atoms with E-state index >= 15 is 0 Å². The van der Waals surface area contributed by atoms with Gasteiger partial charge in [0.2, 0.25) is 0 Å². The van der Waals surface area contributed by atoms with Gasteiger partial charge >= 0.3 is 0 Å². The molecule has 6 heteroatoms. The van der Waals surface area contributed by atoms with Gasteiger partial charge < -0.3 is 9.13 Å². The smallest absolute Gasteiger partial charge is 0.167 e. The van der Waals surface area contributed by atoms with Crippen LogP contribution in [0.3, 0.4) is 0 Å². The average molecular weight is 387 g/mol. The van der Waals surface area contributed by atoms with E-state index in [1.165, 1.54) is 33.4 Å². The van der Waals surface area contributed by atoms with Crippen molar-refractivity contribution in [3.05, 3.63) is 58.2 Å². The average Bonchev–Trinajstić information content (AvgIpc) is 3.21. The number of imidazole rings is 2. The van der Waals surface area contributed by atoms with Gasteiger partial charge in [-0.2, -0.15) is 0 Å². The first-order chi connectivity index (χ1) is 12.4. The highest BCUT2D eigenvalue weighted by molar-refractivity contribution is 7.98. The maximum Gasteiger partial charge on any atom is 0.167 e. The van der Waals surface area contributed by atoms with E-state index in [9.17, 15) is 0 Å². The molecule has 3 aromatic rings. The molecule has 0 fully saturated rings. The van der Waals surface area contributed by atoms with E-state index < -0.39 is 0 Å². The molecule has 0 bridgehead atoms. The van der Waals surface area contributed by atoms with Gasteiger partial charge in [-0.15, -0.1) is 0 Å². The number of nitrogens with zero attached hydrogens (tertiary/aromatic N) is 4. The Bertz CT molecular complexity index is 820. The van der Waals surface area contributed by atoms with Crippen LogP contribution in [0.25, 0.3) is 0 Å². The van der Waals surface area contributed by atoms with Crippen molar-refractivity contribution in [3.63, 3.8) is 0 Å². The minimum Gasteiger partial charge on any atom is -0.329 e. The third kappa shape index (κ3) is 3.71. The molecular weight excluding hydrogens is 360 g/mol. The summed E-state index contributed by atoms with van der Waals surface area (Å²) >= 11 is 3.61. The Hall–Kier alpha value is -1.66. The molecule has 0 aliphatic rings. The van der Waals surface area contributed by atoms with Crippen molar-refractivity contribution in [2.75, 3.05) is 0 Å². The summed E-state index contributed by atoms with van der Waals surface area (Å²) in [4.78, 5) is 8.86. The largest absolute Gasteiger partial charge is 0.329 e. The Morgan fingerprint density at radius 1 is 0.692 bits per heavy atom. The quantitative estimate of drug-likeness (QED) is 0.560. The number of thioether (sulfide) groups is 2. The summed E-state index contributed by atoms with van der Waals surface area (Å²) < 4.78 is 4.15. The Kier molecular flexibility index (Phi) is 5.82. The van der Waals surface area contributed by atoms with Gasteiger partial charge in [-0.25, -0.2) is 9.97 Å². The molecule has 4 nitrogen and oxygen atoms in total. The first-order valence-corrected chi connectivity index (χ1v) is 10.7. The fourth-order valence-electron chi connectivity index (χ4n) is 3.16. The molecule has 0 spiro atoms. The molecule has 0 aliphatic heterocycles. The Morgan fingerprint density at radius 3 is 1.31 bits per heavy atom. The number of benzene rings is 1. The SMILES string of the molecule is Cc1c(C)c(CSc2nccn2C)c(C)c(C)c1CSc1nccn1C. The van der Waals surface area contributed by atoms with E-state index in [0.717, 1.165) is 21.8 Å². The number of aromatic nitrogens is 4. The maximum absolute atomic E-state index is 4.43. The fourth-order valence-corrected chi connectivity index (χ4v) is 5.37. The first kappa shape index (κ1) is 19.1. The van der Waals surface area contributed by atoms with Crippen LogP contribution in [0, 0.1) is 27.7 Å². The normalized spacial score (nSPS) is 11.3. The lowest BCUT2D eigenvalue weighted by atomic mass is 9.90. The molecule has 138 valence electrons. The molecule has 0 unspecified atom stereocenters. The first-order valence-electron chi connectivity index (χ1n) is 8.68. The van der Waals surface area contributed by atoms with Gasteiger partial charge in [0.15, 0.2) is 10.3 Å². The zero-order valence-electron chi connectivity index (χ0n) is 16.3. The van der Waals surface area contributed by atoms with Crippen molar-refractivity contribution in [3.8, 4) is 0 Å². The van der Waals surface area contributed by atoms with Gasteiger partial charge in [-0.3, -0.25) is 0 Å². The summed E-state index contributed by atoms with van der Waals surface area (Å²) in [5.74, 6) is 1.91. The second-order valence-corrected chi connectivity index (χ2v) is 8.56. The van der Waals surface area contributed by atoms with Crippen LogP contribution < -0.4 is 0 Å². The standard InChI is InChI=1S/C20H26N4S2/c1-13-14(2)18(12-26-20-22-8-10-24(20)6)16(4)15(3)17(13)11-25-19-21-7-9-23(19)5/h7-10H,11-12H2,1-6H3. The monoisotopic (exact) mass is 386 g/mol. The molecule has 0 amide bonds.